The standard InChI is InChI=1S/C20H24OSi/c1-20(2,3)22(19-14-16(21)15-19,17-10-6-4-7-11-17)18-12-8-5-9-13-18/h4-13,19H,14-15H2,1-3H3. The number of ketones is 1. The summed E-state index contributed by atoms with van der Waals surface area (Å²) < 4.78 is 0. The van der Waals surface area contributed by atoms with Gasteiger partial charge >= 0.3 is 0 Å². The monoisotopic (exact) mass is 308 g/mol. The maximum atomic E-state index is 11.8. The van der Waals surface area contributed by atoms with Crippen LogP contribution >= 0.6 is 0 Å². The highest BCUT2D eigenvalue weighted by Crippen LogP contribution is 2.50. The van der Waals surface area contributed by atoms with Crippen molar-refractivity contribution in [1.82, 2.24) is 0 Å². The molecule has 0 aromatic heterocycles. The smallest absolute Gasteiger partial charge is 0.132 e. The molecule has 2 aromatic rings. The van der Waals surface area contributed by atoms with E-state index in [1.807, 2.05) is 0 Å². The van der Waals surface area contributed by atoms with Crippen molar-refractivity contribution in [3.05, 3.63) is 60.7 Å². The van der Waals surface area contributed by atoms with E-state index in [0.29, 0.717) is 11.3 Å². The zero-order chi connectivity index (χ0) is 15.8. The van der Waals surface area contributed by atoms with Crippen molar-refractivity contribution in [2.24, 2.45) is 0 Å². The summed E-state index contributed by atoms with van der Waals surface area (Å²) in [6.45, 7) is 7.09. The molecule has 1 aliphatic rings. The summed E-state index contributed by atoms with van der Waals surface area (Å²) in [6.07, 6.45) is 1.51. The van der Waals surface area contributed by atoms with Crippen molar-refractivity contribution in [1.29, 1.82) is 0 Å². The number of carbonyl (C=O) groups excluding carboxylic acids is 1. The fourth-order valence-electron chi connectivity index (χ4n) is 4.31. The van der Waals surface area contributed by atoms with Gasteiger partial charge in [-0.25, -0.2) is 0 Å². The normalized spacial score (nSPS) is 16.4. The van der Waals surface area contributed by atoms with Gasteiger partial charge in [0.15, 0.2) is 0 Å². The van der Waals surface area contributed by atoms with E-state index in [4.69, 9.17) is 0 Å². The van der Waals surface area contributed by atoms with Crippen LogP contribution in [0, 0.1) is 0 Å². The second-order valence-electron chi connectivity index (χ2n) is 7.43. The Kier molecular flexibility index (Phi) is 3.81. The molecule has 1 aliphatic carbocycles. The molecule has 1 saturated carbocycles. The fourth-order valence-corrected chi connectivity index (χ4v) is 11.1. The maximum Gasteiger partial charge on any atom is 0.132 e. The molecule has 1 nitrogen and oxygen atoms in total. The van der Waals surface area contributed by atoms with E-state index in [-0.39, 0.29) is 5.04 Å². The van der Waals surface area contributed by atoms with Gasteiger partial charge in [-0.3, -0.25) is 4.79 Å². The number of hydrogen-bond donors (Lipinski definition) is 0. The van der Waals surface area contributed by atoms with Crippen molar-refractivity contribution in [3.8, 4) is 0 Å². The van der Waals surface area contributed by atoms with Crippen molar-refractivity contribution in [2.45, 2.75) is 44.2 Å². The third kappa shape index (κ3) is 2.26. The van der Waals surface area contributed by atoms with Crippen molar-refractivity contribution in [3.63, 3.8) is 0 Å². The van der Waals surface area contributed by atoms with Gasteiger partial charge in [0, 0.05) is 12.8 Å². The van der Waals surface area contributed by atoms with Gasteiger partial charge in [-0.2, -0.15) is 0 Å². The lowest BCUT2D eigenvalue weighted by Gasteiger charge is -2.52. The fraction of sp³-hybridized carbons (Fsp3) is 0.350. The third-order valence-electron chi connectivity index (χ3n) is 5.20. The second kappa shape index (κ2) is 5.51. The molecule has 0 radical (unpaired) electrons. The van der Waals surface area contributed by atoms with Crippen LogP contribution in [-0.2, 0) is 4.79 Å². The minimum absolute atomic E-state index is 0.168. The van der Waals surface area contributed by atoms with E-state index in [9.17, 15) is 4.79 Å². The summed E-state index contributed by atoms with van der Waals surface area (Å²) in [6, 6.07) is 21.9. The summed E-state index contributed by atoms with van der Waals surface area (Å²) >= 11 is 0. The molecule has 0 unspecified atom stereocenters. The Morgan fingerprint density at radius 2 is 1.23 bits per heavy atom. The number of Topliss-reactive ketones (excluding diaryl/α,β-unsaturated/α-hetero) is 1. The zero-order valence-electron chi connectivity index (χ0n) is 13.7. The largest absolute Gasteiger partial charge is 0.300 e. The Morgan fingerprint density at radius 1 is 0.818 bits per heavy atom. The molecule has 0 amide bonds. The van der Waals surface area contributed by atoms with Gasteiger partial charge in [0.25, 0.3) is 0 Å². The van der Waals surface area contributed by atoms with E-state index in [2.05, 4.69) is 81.4 Å². The van der Waals surface area contributed by atoms with Crippen LogP contribution < -0.4 is 10.4 Å². The van der Waals surface area contributed by atoms with Crippen LogP contribution in [0.1, 0.15) is 33.6 Å². The molecular formula is C20H24OSi. The first kappa shape index (κ1) is 15.2. The highest BCUT2D eigenvalue weighted by atomic mass is 28.3. The summed E-state index contributed by atoms with van der Waals surface area (Å²) in [5, 5.41) is 3.10. The molecule has 1 fully saturated rings. The average molecular weight is 308 g/mol. The lowest BCUT2D eigenvalue weighted by atomic mass is 9.97. The maximum absolute atomic E-state index is 11.8. The third-order valence-corrected chi connectivity index (χ3v) is 11.7. The Balaban J connectivity index is 2.26. The molecule has 0 spiro atoms. The first-order valence-corrected chi connectivity index (χ1v) is 10.2. The Hall–Kier alpha value is -1.67. The van der Waals surface area contributed by atoms with Gasteiger partial charge < -0.3 is 0 Å². The summed E-state index contributed by atoms with van der Waals surface area (Å²) in [5.41, 5.74) is 0.518. The summed E-state index contributed by atoms with van der Waals surface area (Å²) in [4.78, 5) is 11.8. The van der Waals surface area contributed by atoms with Crippen LogP contribution in [0.2, 0.25) is 10.6 Å². The first-order chi connectivity index (χ1) is 10.5. The van der Waals surface area contributed by atoms with Crippen molar-refractivity contribution >= 4 is 24.2 Å². The topological polar surface area (TPSA) is 17.1 Å². The van der Waals surface area contributed by atoms with Gasteiger partial charge in [0.05, 0.1) is 0 Å². The lowest BCUT2D eigenvalue weighted by Crippen LogP contribution is -2.69. The van der Waals surface area contributed by atoms with Crippen LogP contribution in [-0.4, -0.2) is 13.9 Å². The molecule has 0 bridgehead atoms. The van der Waals surface area contributed by atoms with E-state index < -0.39 is 8.07 Å². The Bertz CT molecular complexity index is 608. The highest BCUT2D eigenvalue weighted by Gasteiger charge is 2.56. The van der Waals surface area contributed by atoms with E-state index in [1.54, 1.807) is 0 Å². The molecule has 2 aromatic carbocycles. The van der Waals surface area contributed by atoms with Gasteiger partial charge in [0.2, 0.25) is 0 Å². The van der Waals surface area contributed by atoms with Gasteiger partial charge in [0.1, 0.15) is 13.9 Å². The second-order valence-corrected chi connectivity index (χ2v) is 12.5. The van der Waals surface area contributed by atoms with E-state index in [0.717, 1.165) is 12.8 Å². The minimum atomic E-state index is -2.03. The lowest BCUT2D eigenvalue weighted by molar-refractivity contribution is -0.123. The predicted molar refractivity (Wildman–Crippen MR) is 95.6 cm³/mol. The minimum Gasteiger partial charge on any atom is -0.300 e. The molecule has 0 saturated heterocycles. The van der Waals surface area contributed by atoms with Gasteiger partial charge in [-0.05, 0) is 10.6 Å². The van der Waals surface area contributed by atoms with Crippen LogP contribution in [0.15, 0.2) is 60.7 Å². The zero-order valence-corrected chi connectivity index (χ0v) is 14.7. The number of hydrogen-bond acceptors (Lipinski definition) is 1. The van der Waals surface area contributed by atoms with E-state index in [1.165, 1.54) is 10.4 Å². The summed E-state index contributed by atoms with van der Waals surface area (Å²) in [7, 11) is -2.03. The Labute approximate surface area is 134 Å². The van der Waals surface area contributed by atoms with E-state index >= 15 is 0 Å². The molecule has 2 heteroatoms. The van der Waals surface area contributed by atoms with Crippen molar-refractivity contribution < 1.29 is 4.79 Å². The van der Waals surface area contributed by atoms with Crippen LogP contribution in [0.4, 0.5) is 0 Å². The molecule has 22 heavy (non-hydrogen) atoms. The first-order valence-electron chi connectivity index (χ1n) is 8.09. The van der Waals surface area contributed by atoms with Gasteiger partial charge in [-0.15, -0.1) is 0 Å². The molecule has 0 aliphatic heterocycles. The summed E-state index contributed by atoms with van der Waals surface area (Å²) in [5.74, 6) is 0.429. The molecule has 114 valence electrons. The average Bonchev–Trinajstić information content (AvgIpc) is 2.47. The Morgan fingerprint density at radius 3 is 1.55 bits per heavy atom. The molecule has 0 N–H and O–H groups in total. The van der Waals surface area contributed by atoms with Gasteiger partial charge in [-0.1, -0.05) is 91.8 Å². The van der Waals surface area contributed by atoms with Crippen LogP contribution in [0.3, 0.4) is 0 Å². The quantitative estimate of drug-likeness (QED) is 0.789. The van der Waals surface area contributed by atoms with Crippen molar-refractivity contribution in [2.75, 3.05) is 0 Å². The number of carbonyl (C=O) groups is 1. The SMILES string of the molecule is CC(C)(C)[Si](c1ccccc1)(c1ccccc1)C1CC(=O)C1. The number of rotatable bonds is 3. The molecular weight excluding hydrogens is 284 g/mol. The molecule has 0 atom stereocenters. The molecule has 3 rings (SSSR count). The van der Waals surface area contributed by atoms with Crippen LogP contribution in [0.25, 0.3) is 0 Å². The number of benzene rings is 2. The predicted octanol–water partition coefficient (Wildman–Crippen LogP) is 3.78. The molecule has 0 heterocycles. The highest BCUT2D eigenvalue weighted by molar-refractivity contribution is 7.05. The van der Waals surface area contributed by atoms with Crippen LogP contribution in [0.5, 0.6) is 0 Å².